The van der Waals surface area contributed by atoms with Crippen LogP contribution in [-0.2, 0) is 6.61 Å². The van der Waals surface area contributed by atoms with Gasteiger partial charge in [-0.15, -0.1) is 0 Å². The Kier molecular flexibility index (Phi) is 3.97. The average Bonchev–Trinajstić information content (AvgIpc) is 2.67. The number of halogens is 1. The van der Waals surface area contributed by atoms with Crippen molar-refractivity contribution in [2.45, 2.75) is 6.61 Å². The molecule has 1 aliphatic rings. The Bertz CT molecular complexity index is 658. The van der Waals surface area contributed by atoms with Gasteiger partial charge in [-0.1, -0.05) is 41.9 Å². The lowest BCUT2D eigenvalue weighted by Crippen LogP contribution is -2.24. The van der Waals surface area contributed by atoms with Crippen LogP contribution >= 0.6 is 11.6 Å². The van der Waals surface area contributed by atoms with E-state index in [9.17, 15) is 4.79 Å². The second kappa shape index (κ2) is 6.06. The van der Waals surface area contributed by atoms with E-state index in [1.807, 2.05) is 30.3 Å². The van der Waals surface area contributed by atoms with E-state index >= 15 is 0 Å². The molecule has 1 amide bonds. The average molecular weight is 304 g/mol. The molecule has 0 unspecified atom stereocenters. The van der Waals surface area contributed by atoms with E-state index in [4.69, 9.17) is 21.1 Å². The predicted molar refractivity (Wildman–Crippen MR) is 80.1 cm³/mol. The molecule has 0 saturated heterocycles. The number of benzene rings is 2. The van der Waals surface area contributed by atoms with Gasteiger partial charge in [0.2, 0.25) is 0 Å². The highest BCUT2D eigenvalue weighted by Gasteiger charge is 2.22. The zero-order valence-corrected chi connectivity index (χ0v) is 12.0. The highest BCUT2D eigenvalue weighted by molar-refractivity contribution is 6.31. The van der Waals surface area contributed by atoms with Crippen LogP contribution in [0, 0.1) is 0 Å². The van der Waals surface area contributed by atoms with E-state index in [1.165, 1.54) is 0 Å². The predicted octanol–water partition coefficient (Wildman–Crippen LogP) is 3.04. The van der Waals surface area contributed by atoms with E-state index in [2.05, 4.69) is 5.32 Å². The van der Waals surface area contributed by atoms with Crippen molar-refractivity contribution in [3.05, 3.63) is 58.6 Å². The van der Waals surface area contributed by atoms with Crippen molar-refractivity contribution in [1.82, 2.24) is 5.32 Å². The second-order valence-corrected chi connectivity index (χ2v) is 5.09. The Morgan fingerprint density at radius 1 is 1.24 bits per heavy atom. The Balaban J connectivity index is 1.91. The van der Waals surface area contributed by atoms with E-state index in [1.54, 1.807) is 12.1 Å². The minimum Gasteiger partial charge on any atom is -0.491 e. The highest BCUT2D eigenvalue weighted by atomic mass is 35.5. The van der Waals surface area contributed by atoms with Crippen molar-refractivity contribution in [2.75, 3.05) is 13.2 Å². The molecule has 2 aromatic carbocycles. The summed E-state index contributed by atoms with van der Waals surface area (Å²) in [7, 11) is 0. The largest absolute Gasteiger partial charge is 0.491 e. The number of amides is 1. The first kappa shape index (κ1) is 13.8. The molecule has 0 aromatic heterocycles. The number of hydrogen-bond acceptors (Lipinski definition) is 3. The monoisotopic (exact) mass is 303 g/mol. The third-order valence-electron chi connectivity index (χ3n) is 3.14. The molecule has 1 N–H and O–H groups in total. The fourth-order valence-electron chi connectivity index (χ4n) is 2.16. The van der Waals surface area contributed by atoms with Crippen LogP contribution in [0.15, 0.2) is 42.5 Å². The normalized spacial score (nSPS) is 13.7. The summed E-state index contributed by atoms with van der Waals surface area (Å²) in [6, 6.07) is 13.0. The second-order valence-electron chi connectivity index (χ2n) is 4.66. The highest BCUT2D eigenvalue weighted by Crippen LogP contribution is 2.34. The molecule has 0 aliphatic carbocycles. The maximum atomic E-state index is 12.1. The van der Waals surface area contributed by atoms with Crippen LogP contribution in [0.1, 0.15) is 15.9 Å². The summed E-state index contributed by atoms with van der Waals surface area (Å²) < 4.78 is 11.3. The molecule has 0 fully saturated rings. The summed E-state index contributed by atoms with van der Waals surface area (Å²) in [4.78, 5) is 12.1. The maximum Gasteiger partial charge on any atom is 0.258 e. The van der Waals surface area contributed by atoms with Crippen LogP contribution in [-0.4, -0.2) is 19.1 Å². The lowest BCUT2D eigenvalue weighted by atomic mass is 10.1. The summed E-state index contributed by atoms with van der Waals surface area (Å²) in [6.45, 7) is 1.24. The number of hydrogen-bond donors (Lipinski definition) is 1. The van der Waals surface area contributed by atoms with E-state index in [-0.39, 0.29) is 5.91 Å². The third kappa shape index (κ3) is 3.11. The van der Waals surface area contributed by atoms with Gasteiger partial charge in [-0.3, -0.25) is 4.79 Å². The van der Waals surface area contributed by atoms with Gasteiger partial charge >= 0.3 is 0 Å². The first-order valence-corrected chi connectivity index (χ1v) is 7.03. The topological polar surface area (TPSA) is 47.6 Å². The van der Waals surface area contributed by atoms with Crippen molar-refractivity contribution >= 4 is 17.5 Å². The summed E-state index contributed by atoms with van der Waals surface area (Å²) >= 11 is 6.07. The first-order chi connectivity index (χ1) is 10.2. The number of carbonyl (C=O) groups is 1. The van der Waals surface area contributed by atoms with Gasteiger partial charge < -0.3 is 14.8 Å². The quantitative estimate of drug-likeness (QED) is 0.948. The molecule has 108 valence electrons. The van der Waals surface area contributed by atoms with Crippen LogP contribution in [0.25, 0.3) is 0 Å². The van der Waals surface area contributed by atoms with Crippen LogP contribution < -0.4 is 14.8 Å². The molecular formula is C16H14ClNO3. The molecule has 3 rings (SSSR count). The van der Waals surface area contributed by atoms with Gasteiger partial charge in [0, 0.05) is 5.02 Å². The molecule has 5 heteroatoms. The van der Waals surface area contributed by atoms with Gasteiger partial charge in [0.1, 0.15) is 30.3 Å². The smallest absolute Gasteiger partial charge is 0.258 e. The Hall–Kier alpha value is -2.20. The van der Waals surface area contributed by atoms with E-state index in [0.29, 0.717) is 41.8 Å². The van der Waals surface area contributed by atoms with Crippen LogP contribution in [0.3, 0.4) is 0 Å². The fraction of sp³-hybridized carbons (Fsp3) is 0.188. The zero-order valence-electron chi connectivity index (χ0n) is 11.3. The van der Waals surface area contributed by atoms with Gasteiger partial charge in [0.15, 0.2) is 0 Å². The number of nitrogens with one attached hydrogen (secondary N) is 1. The molecular weight excluding hydrogens is 290 g/mol. The van der Waals surface area contributed by atoms with Crippen molar-refractivity contribution < 1.29 is 14.3 Å². The molecule has 4 nitrogen and oxygen atoms in total. The van der Waals surface area contributed by atoms with E-state index < -0.39 is 0 Å². The number of fused-ring (bicyclic) bond motifs is 1. The molecule has 1 heterocycles. The Labute approximate surface area is 127 Å². The van der Waals surface area contributed by atoms with Crippen LogP contribution in [0.4, 0.5) is 0 Å². The zero-order chi connectivity index (χ0) is 14.7. The van der Waals surface area contributed by atoms with Crippen molar-refractivity contribution in [3.8, 4) is 11.5 Å². The lowest BCUT2D eigenvalue weighted by molar-refractivity contribution is 0.0953. The molecule has 21 heavy (non-hydrogen) atoms. The first-order valence-electron chi connectivity index (χ1n) is 6.65. The molecule has 0 saturated carbocycles. The molecule has 2 aromatic rings. The SMILES string of the molecule is O=C1NCCOc2cc(Cl)cc(OCc3ccccc3)c21. The summed E-state index contributed by atoms with van der Waals surface area (Å²) in [6.07, 6.45) is 0. The fourth-order valence-corrected chi connectivity index (χ4v) is 2.36. The van der Waals surface area contributed by atoms with E-state index in [0.717, 1.165) is 5.56 Å². The molecule has 0 bridgehead atoms. The minimum atomic E-state index is -0.206. The van der Waals surface area contributed by atoms with Crippen LogP contribution in [0.2, 0.25) is 5.02 Å². The molecule has 0 spiro atoms. The van der Waals surface area contributed by atoms with Gasteiger partial charge in [-0.25, -0.2) is 0 Å². The minimum absolute atomic E-state index is 0.206. The standard InChI is InChI=1S/C16H14ClNO3/c17-12-8-13-15(16(19)18-6-7-20-13)14(9-12)21-10-11-4-2-1-3-5-11/h1-5,8-9H,6-7,10H2,(H,18,19). The van der Waals surface area contributed by atoms with Crippen molar-refractivity contribution in [3.63, 3.8) is 0 Å². The summed E-state index contributed by atoms with van der Waals surface area (Å²) in [5.41, 5.74) is 1.41. The Morgan fingerprint density at radius 3 is 2.86 bits per heavy atom. The molecule has 0 atom stereocenters. The number of rotatable bonds is 3. The Morgan fingerprint density at radius 2 is 2.05 bits per heavy atom. The summed E-state index contributed by atoms with van der Waals surface area (Å²) in [5.74, 6) is 0.684. The van der Waals surface area contributed by atoms with Crippen molar-refractivity contribution in [1.29, 1.82) is 0 Å². The van der Waals surface area contributed by atoms with Gasteiger partial charge in [0.25, 0.3) is 5.91 Å². The maximum absolute atomic E-state index is 12.1. The number of carbonyl (C=O) groups excluding carboxylic acids is 1. The molecule has 0 radical (unpaired) electrons. The van der Waals surface area contributed by atoms with Gasteiger partial charge in [-0.2, -0.15) is 0 Å². The van der Waals surface area contributed by atoms with Gasteiger partial charge in [-0.05, 0) is 17.7 Å². The third-order valence-corrected chi connectivity index (χ3v) is 3.36. The molecule has 1 aliphatic heterocycles. The number of ether oxygens (including phenoxy) is 2. The van der Waals surface area contributed by atoms with Crippen molar-refractivity contribution in [2.24, 2.45) is 0 Å². The van der Waals surface area contributed by atoms with Gasteiger partial charge in [0.05, 0.1) is 6.54 Å². The summed E-state index contributed by atoms with van der Waals surface area (Å²) in [5, 5.41) is 3.25. The van der Waals surface area contributed by atoms with Crippen LogP contribution in [0.5, 0.6) is 11.5 Å². The lowest BCUT2D eigenvalue weighted by Gasteiger charge is -2.13.